The number of anilines is 1. The fraction of sp³-hybridized carbons (Fsp3) is 0.435. The zero-order valence-corrected chi connectivity index (χ0v) is 16.8. The van der Waals surface area contributed by atoms with Crippen molar-refractivity contribution in [2.24, 2.45) is 0 Å². The molecule has 2 aromatic carbocycles. The van der Waals surface area contributed by atoms with Gasteiger partial charge in [-0.15, -0.1) is 0 Å². The number of amides is 1. The van der Waals surface area contributed by atoms with Crippen molar-refractivity contribution >= 4 is 11.6 Å². The van der Waals surface area contributed by atoms with Gasteiger partial charge in [0.2, 0.25) is 0 Å². The Morgan fingerprint density at radius 2 is 1.86 bits per heavy atom. The largest absolute Gasteiger partial charge is 0.493 e. The molecule has 2 aliphatic heterocycles. The summed E-state index contributed by atoms with van der Waals surface area (Å²) in [6.07, 6.45) is 0.794. The molecule has 0 bridgehead atoms. The molecule has 2 aromatic rings. The van der Waals surface area contributed by atoms with Crippen molar-refractivity contribution in [1.29, 1.82) is 0 Å². The van der Waals surface area contributed by atoms with Gasteiger partial charge >= 0.3 is 0 Å². The number of nitrogens with zero attached hydrogens (tertiary/aromatic N) is 2. The fourth-order valence-corrected chi connectivity index (χ4v) is 4.12. The maximum absolute atomic E-state index is 12.8. The molecular formula is C23H29N3O2. The van der Waals surface area contributed by atoms with Crippen LogP contribution in [0.5, 0.6) is 5.75 Å². The van der Waals surface area contributed by atoms with E-state index in [-0.39, 0.29) is 11.9 Å². The number of piperazine rings is 1. The molecule has 0 aromatic heterocycles. The second kappa shape index (κ2) is 8.23. The lowest BCUT2D eigenvalue weighted by atomic mass is 9.97. The number of hydrogen-bond acceptors (Lipinski definition) is 4. The van der Waals surface area contributed by atoms with Gasteiger partial charge in [-0.3, -0.25) is 4.79 Å². The van der Waals surface area contributed by atoms with Crippen LogP contribution in [-0.2, 0) is 0 Å². The van der Waals surface area contributed by atoms with Crippen LogP contribution in [-0.4, -0.2) is 50.1 Å². The first kappa shape index (κ1) is 18.8. The molecule has 2 aliphatic rings. The molecule has 0 unspecified atom stereocenters. The van der Waals surface area contributed by atoms with E-state index in [0.29, 0.717) is 12.2 Å². The summed E-state index contributed by atoms with van der Waals surface area (Å²) in [6.45, 7) is 10.3. The molecule has 0 radical (unpaired) electrons. The third kappa shape index (κ3) is 3.85. The number of nitrogens with one attached hydrogen (secondary N) is 1. The molecular weight excluding hydrogens is 350 g/mol. The molecule has 5 nitrogen and oxygen atoms in total. The lowest BCUT2D eigenvalue weighted by molar-refractivity contribution is 0.0924. The lowest BCUT2D eigenvalue weighted by Gasteiger charge is -2.35. The van der Waals surface area contributed by atoms with Gasteiger partial charge in [-0.2, -0.15) is 0 Å². The molecule has 0 aliphatic carbocycles. The predicted molar refractivity (Wildman–Crippen MR) is 112 cm³/mol. The van der Waals surface area contributed by atoms with Crippen LogP contribution in [0.2, 0.25) is 0 Å². The van der Waals surface area contributed by atoms with Crippen LogP contribution < -0.4 is 15.0 Å². The van der Waals surface area contributed by atoms with E-state index in [1.807, 2.05) is 37.3 Å². The molecule has 5 heteroatoms. The van der Waals surface area contributed by atoms with E-state index in [2.05, 4.69) is 34.2 Å². The zero-order chi connectivity index (χ0) is 19.5. The molecule has 4 rings (SSSR count). The molecule has 2 heterocycles. The summed E-state index contributed by atoms with van der Waals surface area (Å²) in [7, 11) is 0. The van der Waals surface area contributed by atoms with E-state index >= 15 is 0 Å². The first-order chi connectivity index (χ1) is 13.7. The second-order valence-electron chi connectivity index (χ2n) is 7.62. The van der Waals surface area contributed by atoms with Gasteiger partial charge < -0.3 is 19.9 Å². The Morgan fingerprint density at radius 1 is 1.11 bits per heavy atom. The number of para-hydroxylation sites is 1. The maximum Gasteiger partial charge on any atom is 0.251 e. The van der Waals surface area contributed by atoms with Crippen molar-refractivity contribution in [3.63, 3.8) is 0 Å². The number of likely N-dealkylation sites (N-methyl/N-ethyl adjacent to an activating group) is 1. The molecule has 28 heavy (non-hydrogen) atoms. The van der Waals surface area contributed by atoms with E-state index < -0.39 is 0 Å². The van der Waals surface area contributed by atoms with Crippen molar-refractivity contribution in [2.45, 2.75) is 26.3 Å². The highest BCUT2D eigenvalue weighted by atomic mass is 16.5. The minimum Gasteiger partial charge on any atom is -0.493 e. The number of benzene rings is 2. The maximum atomic E-state index is 12.8. The number of fused-ring (bicyclic) bond motifs is 1. The first-order valence-electron chi connectivity index (χ1n) is 10.3. The van der Waals surface area contributed by atoms with Crippen molar-refractivity contribution in [1.82, 2.24) is 10.2 Å². The van der Waals surface area contributed by atoms with Crippen LogP contribution in [0.15, 0.2) is 42.5 Å². The topological polar surface area (TPSA) is 44.8 Å². The van der Waals surface area contributed by atoms with E-state index in [0.717, 1.165) is 56.0 Å². The quantitative estimate of drug-likeness (QED) is 0.884. The monoisotopic (exact) mass is 379 g/mol. The van der Waals surface area contributed by atoms with Crippen LogP contribution >= 0.6 is 0 Å². The van der Waals surface area contributed by atoms with Gasteiger partial charge in [0, 0.05) is 49.4 Å². The highest BCUT2D eigenvalue weighted by molar-refractivity contribution is 5.94. The minimum atomic E-state index is -0.0262. The number of aryl methyl sites for hydroxylation is 1. The Labute approximate surface area is 167 Å². The standard InChI is InChI=1S/C23H29N3O2/c1-3-25-12-14-26(15-13-25)19-9-7-18(8-10-19)23(27)24-21-11-16-28-22-17(2)5-4-6-20(21)22/h4-10,21H,3,11-16H2,1-2H3,(H,24,27)/t21-/m0/s1. The molecule has 1 saturated heterocycles. The lowest BCUT2D eigenvalue weighted by Crippen LogP contribution is -2.46. The molecule has 1 amide bonds. The molecule has 0 spiro atoms. The van der Waals surface area contributed by atoms with Crippen molar-refractivity contribution in [2.75, 3.05) is 44.2 Å². The molecule has 148 valence electrons. The Bertz CT molecular complexity index is 826. The van der Waals surface area contributed by atoms with E-state index in [1.54, 1.807) is 0 Å². The van der Waals surface area contributed by atoms with Crippen LogP contribution in [0.25, 0.3) is 0 Å². The smallest absolute Gasteiger partial charge is 0.251 e. The average molecular weight is 380 g/mol. The van der Waals surface area contributed by atoms with E-state index in [4.69, 9.17) is 4.74 Å². The number of ether oxygens (including phenoxy) is 1. The average Bonchev–Trinajstić information content (AvgIpc) is 2.75. The summed E-state index contributed by atoms with van der Waals surface area (Å²) in [4.78, 5) is 17.7. The van der Waals surface area contributed by atoms with Crippen LogP contribution in [0.1, 0.15) is 40.9 Å². The number of carbonyl (C=O) groups excluding carboxylic acids is 1. The van der Waals surface area contributed by atoms with Gasteiger partial charge in [-0.1, -0.05) is 25.1 Å². The van der Waals surface area contributed by atoms with E-state index in [1.165, 1.54) is 5.69 Å². The summed E-state index contributed by atoms with van der Waals surface area (Å²) in [6, 6.07) is 14.1. The number of hydrogen-bond donors (Lipinski definition) is 1. The van der Waals surface area contributed by atoms with Gasteiger partial charge in [0.25, 0.3) is 5.91 Å². The van der Waals surface area contributed by atoms with Crippen LogP contribution in [0, 0.1) is 6.92 Å². The number of rotatable bonds is 4. The van der Waals surface area contributed by atoms with Gasteiger partial charge in [0.05, 0.1) is 12.6 Å². The molecule has 0 saturated carbocycles. The summed E-state index contributed by atoms with van der Waals surface area (Å²) >= 11 is 0. The first-order valence-corrected chi connectivity index (χ1v) is 10.3. The van der Waals surface area contributed by atoms with Crippen LogP contribution in [0.4, 0.5) is 5.69 Å². The van der Waals surface area contributed by atoms with Gasteiger partial charge in [-0.25, -0.2) is 0 Å². The Hall–Kier alpha value is -2.53. The fourth-order valence-electron chi connectivity index (χ4n) is 4.12. The van der Waals surface area contributed by atoms with Gasteiger partial charge in [-0.05, 0) is 43.3 Å². The molecule has 1 atom stereocenters. The normalized spacial score (nSPS) is 19.6. The van der Waals surface area contributed by atoms with E-state index in [9.17, 15) is 4.79 Å². The van der Waals surface area contributed by atoms with Crippen molar-refractivity contribution in [3.8, 4) is 5.75 Å². The predicted octanol–water partition coefficient (Wildman–Crippen LogP) is 3.39. The third-order valence-corrected chi connectivity index (χ3v) is 5.89. The SMILES string of the molecule is CCN1CCN(c2ccc(C(=O)N[C@H]3CCOc4c(C)cccc43)cc2)CC1. The third-order valence-electron chi connectivity index (χ3n) is 5.89. The zero-order valence-electron chi connectivity index (χ0n) is 16.8. The number of carbonyl (C=O) groups is 1. The Morgan fingerprint density at radius 3 is 2.57 bits per heavy atom. The summed E-state index contributed by atoms with van der Waals surface area (Å²) in [5.41, 5.74) is 4.09. The summed E-state index contributed by atoms with van der Waals surface area (Å²) < 4.78 is 5.81. The van der Waals surface area contributed by atoms with Crippen molar-refractivity contribution in [3.05, 3.63) is 59.2 Å². The van der Waals surface area contributed by atoms with Crippen LogP contribution in [0.3, 0.4) is 0 Å². The highest BCUT2D eigenvalue weighted by Gasteiger charge is 2.24. The Balaban J connectivity index is 1.42. The Kier molecular flexibility index (Phi) is 5.53. The highest BCUT2D eigenvalue weighted by Crippen LogP contribution is 2.34. The minimum absolute atomic E-state index is 0.00190. The van der Waals surface area contributed by atoms with Gasteiger partial charge in [0.1, 0.15) is 5.75 Å². The molecule has 1 fully saturated rings. The van der Waals surface area contributed by atoms with Crippen molar-refractivity contribution < 1.29 is 9.53 Å². The van der Waals surface area contributed by atoms with Gasteiger partial charge in [0.15, 0.2) is 0 Å². The summed E-state index contributed by atoms with van der Waals surface area (Å²) in [5, 5.41) is 3.19. The molecule has 1 N–H and O–H groups in total. The summed E-state index contributed by atoms with van der Waals surface area (Å²) in [5.74, 6) is 0.891. The second-order valence-corrected chi connectivity index (χ2v) is 7.62.